The van der Waals surface area contributed by atoms with Gasteiger partial charge in [-0.3, -0.25) is 9.59 Å². The summed E-state index contributed by atoms with van der Waals surface area (Å²) in [6.07, 6.45) is 13.8. The first-order valence-electron chi connectivity index (χ1n) is 28.1. The number of benzene rings is 6. The summed E-state index contributed by atoms with van der Waals surface area (Å²) in [5.41, 5.74) is 30.0. The van der Waals surface area contributed by atoms with Gasteiger partial charge in [0, 0.05) is 97.5 Å². The highest BCUT2D eigenvalue weighted by atomic mass is 35.5. The Morgan fingerprint density at radius 2 is 0.833 bits per heavy atom. The number of amides is 2. The molecule has 0 saturated heterocycles. The highest BCUT2D eigenvalue weighted by Crippen LogP contribution is 2.65. The second kappa shape index (κ2) is 23.7. The van der Waals surface area contributed by atoms with Gasteiger partial charge in [0.1, 0.15) is 22.1 Å². The monoisotopic (exact) mass is 1090 g/mol. The third kappa shape index (κ3) is 11.3. The number of rotatable bonds is 20. The van der Waals surface area contributed by atoms with E-state index in [9.17, 15) is 9.59 Å². The van der Waals surface area contributed by atoms with E-state index in [2.05, 4.69) is 129 Å². The van der Waals surface area contributed by atoms with Gasteiger partial charge in [0.2, 0.25) is 45.3 Å². The fraction of sp³-hybridized carbons (Fsp3) is 0.406. The van der Waals surface area contributed by atoms with Crippen LogP contribution in [0.25, 0.3) is 55.5 Å². The fourth-order valence-electron chi connectivity index (χ4n) is 13.7. The van der Waals surface area contributed by atoms with E-state index in [1.165, 1.54) is 0 Å². The van der Waals surface area contributed by atoms with Crippen molar-refractivity contribution in [1.82, 2.24) is 20.6 Å². The number of unbranched alkanes of at least 4 members (excludes halogenated alkanes) is 6. The normalized spacial score (nSPS) is 19.2. The van der Waals surface area contributed by atoms with Gasteiger partial charge in [-0.2, -0.15) is 0 Å². The van der Waals surface area contributed by atoms with Crippen molar-refractivity contribution in [3.8, 4) is 11.4 Å². The molecule has 8 N–H and O–H groups in total. The number of aryl methyl sites for hydroxylation is 4. The molecule has 0 aliphatic heterocycles. The number of anilines is 4. The predicted molar refractivity (Wildman–Crippen MR) is 309 cm³/mol. The van der Waals surface area contributed by atoms with Crippen molar-refractivity contribution in [2.75, 3.05) is 48.3 Å². The van der Waals surface area contributed by atoms with Gasteiger partial charge >= 0.3 is 0 Å². The number of fused-ring (bicyclic) bond motifs is 4. The van der Waals surface area contributed by atoms with Crippen LogP contribution < -0.4 is 66.7 Å². The lowest BCUT2D eigenvalue weighted by Crippen LogP contribution is -3.00. The molecule has 4 fully saturated rings. The number of nitrogens with zero attached hydrogens (tertiary/aromatic N) is 4. The summed E-state index contributed by atoms with van der Waals surface area (Å²) in [6, 6.07) is 37.9. The quantitative estimate of drug-likeness (QED) is 0.0252. The Kier molecular flexibility index (Phi) is 17.0. The van der Waals surface area contributed by atoms with Crippen LogP contribution in [-0.2, 0) is 9.59 Å². The summed E-state index contributed by atoms with van der Waals surface area (Å²) in [5, 5.41) is 14.2. The molecule has 4 bridgehead atoms. The lowest BCUT2D eigenvalue weighted by Gasteiger charge is -2.60. The average Bonchev–Trinajstić information content (AvgIpc) is 3.52. The van der Waals surface area contributed by atoms with Crippen LogP contribution in [0.4, 0.5) is 22.7 Å². The van der Waals surface area contributed by atoms with E-state index < -0.39 is 10.8 Å². The van der Waals surface area contributed by atoms with Crippen LogP contribution in [0, 0.1) is 50.4 Å². The highest BCUT2D eigenvalue weighted by molar-refractivity contribution is 5.90. The number of nitrogens with two attached hydrogens (primary N) is 2. The molecule has 14 heteroatoms. The molecule has 78 heavy (non-hydrogen) atoms. The van der Waals surface area contributed by atoms with Gasteiger partial charge in [-0.1, -0.05) is 62.1 Å². The molecular formula is C64H76Cl2N10O2. The molecule has 8 aromatic rings. The molecule has 4 saturated carbocycles. The summed E-state index contributed by atoms with van der Waals surface area (Å²) in [4.78, 5) is 38.4. The van der Waals surface area contributed by atoms with Crippen LogP contribution in [0.15, 0.2) is 109 Å². The molecule has 4 aliphatic rings. The number of halogens is 2. The number of carbonyl (C=O) groups excluding carboxylic acids is 2. The van der Waals surface area contributed by atoms with Crippen molar-refractivity contribution < 1.29 is 43.5 Å². The second-order valence-electron chi connectivity index (χ2n) is 23.0. The number of hydrogen-bond acceptors (Lipinski definition) is 8. The Balaban J connectivity index is 0.00000370. The number of carbonyl (C=O) groups is 2. The molecule has 0 unspecified atom stereocenters. The number of hydrogen-bond donors (Lipinski definition) is 6. The molecule has 0 atom stereocenters. The van der Waals surface area contributed by atoms with Crippen LogP contribution in [0.2, 0.25) is 0 Å². The van der Waals surface area contributed by atoms with Crippen molar-refractivity contribution in [2.45, 2.75) is 118 Å². The Hall–Kier alpha value is -6.76. The Morgan fingerprint density at radius 1 is 0.487 bits per heavy atom. The van der Waals surface area contributed by atoms with Crippen molar-refractivity contribution in [1.29, 1.82) is 0 Å². The zero-order valence-electron chi connectivity index (χ0n) is 45.8. The Morgan fingerprint density at radius 3 is 1.22 bits per heavy atom. The van der Waals surface area contributed by atoms with Crippen LogP contribution >= 0.6 is 0 Å². The van der Waals surface area contributed by atoms with Gasteiger partial charge in [-0.15, -0.1) is 9.13 Å². The van der Waals surface area contributed by atoms with Gasteiger partial charge in [0.15, 0.2) is 0 Å². The number of nitrogens with one attached hydrogen (secondary N) is 4. The highest BCUT2D eigenvalue weighted by Gasteiger charge is 2.63. The van der Waals surface area contributed by atoms with Crippen LogP contribution in [0.1, 0.15) is 112 Å². The van der Waals surface area contributed by atoms with Crippen molar-refractivity contribution in [2.24, 2.45) is 22.7 Å². The molecule has 2 aromatic heterocycles. The van der Waals surface area contributed by atoms with E-state index in [0.717, 1.165) is 197 Å². The van der Waals surface area contributed by atoms with Crippen LogP contribution in [-0.4, -0.2) is 48.0 Å². The minimum Gasteiger partial charge on any atom is -1.00 e. The lowest BCUT2D eigenvalue weighted by atomic mass is 9.43. The summed E-state index contributed by atoms with van der Waals surface area (Å²) in [6.45, 7) is 11.4. The van der Waals surface area contributed by atoms with E-state index in [1.807, 2.05) is 38.1 Å². The van der Waals surface area contributed by atoms with Gasteiger partial charge in [0.25, 0.3) is 0 Å². The summed E-state index contributed by atoms with van der Waals surface area (Å²) in [7, 11) is 0. The van der Waals surface area contributed by atoms with Crippen LogP contribution in [0.3, 0.4) is 0 Å². The van der Waals surface area contributed by atoms with Gasteiger partial charge < -0.3 is 57.5 Å². The zero-order valence-corrected chi connectivity index (χ0v) is 47.3. The molecular weight excluding hydrogens is 1010 g/mol. The Labute approximate surface area is 471 Å². The fourth-order valence-corrected chi connectivity index (χ4v) is 13.7. The van der Waals surface area contributed by atoms with E-state index in [-0.39, 0.29) is 36.6 Å². The van der Waals surface area contributed by atoms with Gasteiger partial charge in [0.05, 0.1) is 10.8 Å². The van der Waals surface area contributed by atoms with Crippen molar-refractivity contribution in [3.05, 3.63) is 131 Å². The lowest BCUT2D eigenvalue weighted by molar-refractivity contribution is -0.538. The SMILES string of the molecule is Cc1cc2nc3cc(C)c(NCCCCCCNC(=O)C45CC6CC(C4)CC(C(=O)NCCCCCCNc4cc7c(cc4C)nc4cc(C)c(N)cc4[n+]7-c4ccccc4)(C6)C5)cc3[n+](-c3ccccc3)c2cc1N.[Cl-].[Cl-]. The molecule has 0 spiro atoms. The van der Waals surface area contributed by atoms with Gasteiger partial charge in [-0.05, 0) is 150 Å². The largest absolute Gasteiger partial charge is 1.00 e. The minimum absolute atomic E-state index is 0. The topological polar surface area (TPSA) is 168 Å². The third-order valence-corrected chi connectivity index (χ3v) is 17.3. The first-order valence-corrected chi connectivity index (χ1v) is 28.1. The van der Waals surface area contributed by atoms with E-state index in [0.29, 0.717) is 31.3 Å². The number of nitrogen functional groups attached to an aromatic ring is 2. The predicted octanol–water partition coefficient (Wildman–Crippen LogP) is 5.51. The second-order valence-corrected chi connectivity index (χ2v) is 23.0. The van der Waals surface area contributed by atoms with E-state index >= 15 is 0 Å². The number of para-hydroxylation sites is 2. The molecule has 4 aliphatic carbocycles. The molecule has 2 heterocycles. The van der Waals surface area contributed by atoms with Crippen LogP contribution in [0.5, 0.6) is 0 Å². The molecule has 12 rings (SSSR count). The molecule has 0 radical (unpaired) electrons. The van der Waals surface area contributed by atoms with Crippen molar-refractivity contribution in [3.63, 3.8) is 0 Å². The minimum atomic E-state index is -0.412. The molecule has 2 amide bonds. The third-order valence-electron chi connectivity index (χ3n) is 17.3. The first kappa shape index (κ1) is 56.0. The summed E-state index contributed by atoms with van der Waals surface area (Å²) >= 11 is 0. The first-order chi connectivity index (χ1) is 36.9. The smallest absolute Gasteiger partial charge is 0.239 e. The van der Waals surface area contributed by atoms with E-state index in [1.54, 1.807) is 0 Å². The zero-order chi connectivity index (χ0) is 52.6. The maximum atomic E-state index is 14.1. The van der Waals surface area contributed by atoms with Crippen molar-refractivity contribution >= 4 is 78.7 Å². The summed E-state index contributed by atoms with van der Waals surface area (Å²) in [5.74, 6) is 1.29. The number of aromatic nitrogens is 4. The molecule has 12 nitrogen and oxygen atoms in total. The van der Waals surface area contributed by atoms with E-state index in [4.69, 9.17) is 21.4 Å². The molecule has 408 valence electrons. The average molecular weight is 1090 g/mol. The molecule has 6 aromatic carbocycles. The Bertz CT molecular complexity index is 3260. The maximum Gasteiger partial charge on any atom is 0.239 e. The van der Waals surface area contributed by atoms with Gasteiger partial charge in [-0.25, -0.2) is 9.97 Å². The maximum absolute atomic E-state index is 14.1. The standard InChI is InChI=1S/C64H74N10O2.2ClH/c1-41-27-53-57(32-49(41)65)73(47-19-11-9-12-20-47)59-34-51(43(3)29-55(59)71-53)67-23-15-5-7-17-25-69-61(75)63-36-45-31-46(37-63)39-64(38-45,40-63)62(76)70-26-18-8-6-16-24-68-52-35-60-56(30-44(52)4)72-54-28-42(2)50(66)33-58(54)74(60)48-21-13-10-14-22-48;;/h9-14,19-22,27-30,32-35,45-46H,5-8,15-18,23-26,31,36-40H2,1-4H3,(H6,65,66,67,68,69,70,75,76);2*1H. The summed E-state index contributed by atoms with van der Waals surface area (Å²) < 4.78 is 4.53.